The number of hydrogen-bond donors (Lipinski definition) is 4. The quantitative estimate of drug-likeness (QED) is 0.0302. The second-order valence-electron chi connectivity index (χ2n) is 16.1. The molecule has 0 aliphatic carbocycles. The first-order valence-corrected chi connectivity index (χ1v) is 27.4. The van der Waals surface area contributed by atoms with Crippen LogP contribution in [0.2, 0.25) is 0 Å². The van der Waals surface area contributed by atoms with Gasteiger partial charge in [-0.25, -0.2) is 42.1 Å². The van der Waals surface area contributed by atoms with Gasteiger partial charge in [0.2, 0.25) is 52.0 Å². The second-order valence-corrected chi connectivity index (χ2v) is 21.1. The van der Waals surface area contributed by atoms with E-state index in [0.717, 1.165) is 46.5 Å². The molecule has 4 aliphatic heterocycles. The van der Waals surface area contributed by atoms with Gasteiger partial charge in [-0.05, 0) is 34.1 Å². The van der Waals surface area contributed by atoms with E-state index in [1.165, 1.54) is 6.92 Å². The molecule has 4 heterocycles. The van der Waals surface area contributed by atoms with Gasteiger partial charge in [-0.2, -0.15) is 0 Å². The van der Waals surface area contributed by atoms with Gasteiger partial charge in [-0.3, -0.25) is 20.9 Å². The van der Waals surface area contributed by atoms with Crippen molar-refractivity contribution in [1.29, 1.82) is 0 Å². The summed E-state index contributed by atoms with van der Waals surface area (Å²) in [6.45, 7) is 6.07. The Labute approximate surface area is 539 Å². The number of aliphatic hydroxyl groups excluding tert-OH is 4. The number of rotatable bonds is 24. The van der Waals surface area contributed by atoms with Crippen molar-refractivity contribution >= 4 is 52.0 Å². The topological polar surface area (TPSA) is 487 Å². The molecule has 408 valence electrons. The van der Waals surface area contributed by atoms with E-state index >= 15 is 0 Å². The van der Waals surface area contributed by atoms with Gasteiger partial charge in [0.1, 0.15) is 48.8 Å². The first kappa shape index (κ1) is 79.9. The van der Waals surface area contributed by atoms with Crippen molar-refractivity contribution in [2.75, 3.05) is 6.61 Å². The molecule has 4 rings (SSSR count). The van der Waals surface area contributed by atoms with Gasteiger partial charge in [-0.1, -0.05) is 39.0 Å². The zero-order valence-corrected chi connectivity index (χ0v) is 55.8. The van der Waals surface area contributed by atoms with Gasteiger partial charge >= 0.3 is 148 Å². The smallest absolute Gasteiger partial charge is 0.726 e. The molecule has 0 saturated carbocycles. The molecule has 0 bridgehead atoms. The third-order valence-corrected chi connectivity index (χ3v) is 13.1. The van der Waals surface area contributed by atoms with E-state index < -0.39 is 175 Å². The van der Waals surface area contributed by atoms with Crippen LogP contribution >= 0.6 is 0 Å². The molecule has 0 radical (unpaired) electrons. The Bertz CT molecular complexity index is 2240. The SMILES string of the molecule is CCCCCCCCO[C@H]1O[C@@H](C)[C@@H](O)[C@@H](O[C@@H]2O[C@@H](C)[C@@H](O)[C@@H](O[C@@H]3O[C@@H](C)[C@@H](O)[C@@H](O[C@@H]4O[C@@H](C)[C@@H](O)[C@@H](OS(=O)(=O)[O-])[C@@H]4OS(=O)(=O)[O-])[C@@H]3OS(=O)(=O)[O-])[C@@H]2OS(=O)(=O)[O-])[C@@H]1OS(=O)(=O)[O-].[Na+].[Na+].[Na+].[Na+].[Na+]. The van der Waals surface area contributed by atoms with Crippen molar-refractivity contribution in [1.82, 2.24) is 0 Å². The van der Waals surface area contributed by atoms with Crippen molar-refractivity contribution < 1.29 is 292 Å². The van der Waals surface area contributed by atoms with Crippen molar-refractivity contribution in [2.45, 2.75) is 196 Å². The molecule has 0 unspecified atom stereocenters. The molecule has 4 fully saturated rings. The zero-order valence-electron chi connectivity index (χ0n) is 41.8. The minimum absolute atomic E-state index is 0. The first-order chi connectivity index (χ1) is 31.6. The minimum Gasteiger partial charge on any atom is -0.726 e. The van der Waals surface area contributed by atoms with Gasteiger partial charge < -0.3 is 81.1 Å². The van der Waals surface area contributed by atoms with Crippen molar-refractivity contribution in [2.24, 2.45) is 0 Å². The molecular weight excluding hydrogens is 1170 g/mol. The van der Waals surface area contributed by atoms with E-state index in [2.05, 4.69) is 20.9 Å². The third-order valence-electron chi connectivity index (χ3n) is 10.8. The summed E-state index contributed by atoms with van der Waals surface area (Å²) in [7, 11) is -29.8. The Morgan fingerprint density at radius 3 is 0.892 bits per heavy atom. The fraction of sp³-hybridized carbons (Fsp3) is 1.00. The molecule has 32 nitrogen and oxygen atoms in total. The second kappa shape index (κ2) is 34.1. The van der Waals surface area contributed by atoms with Crippen LogP contribution in [0.25, 0.3) is 0 Å². The normalized spacial score (nSPS) is 37.2. The van der Waals surface area contributed by atoms with Crippen LogP contribution in [-0.2, 0) is 111 Å². The van der Waals surface area contributed by atoms with E-state index in [-0.39, 0.29) is 154 Å². The molecule has 0 aromatic rings. The zero-order chi connectivity index (χ0) is 52.2. The van der Waals surface area contributed by atoms with E-state index in [0.29, 0.717) is 12.8 Å². The molecule has 0 spiro atoms. The van der Waals surface area contributed by atoms with Gasteiger partial charge in [0.15, 0.2) is 49.6 Å². The van der Waals surface area contributed by atoms with Crippen molar-refractivity contribution in [3.05, 3.63) is 0 Å². The molecule has 0 aromatic carbocycles. The summed E-state index contributed by atoms with van der Waals surface area (Å²) in [5, 5.41) is 44.3. The molecule has 0 aromatic heterocycles. The summed E-state index contributed by atoms with van der Waals surface area (Å²) in [5.41, 5.74) is 0. The number of hydrogen-bond acceptors (Lipinski definition) is 32. The van der Waals surface area contributed by atoms with Gasteiger partial charge in [0.05, 0.1) is 24.4 Å². The van der Waals surface area contributed by atoms with Crippen LogP contribution < -0.4 is 148 Å². The summed E-state index contributed by atoms with van der Waals surface area (Å²) in [6, 6.07) is 0. The van der Waals surface area contributed by atoms with Crippen LogP contribution in [0, 0.1) is 0 Å². The van der Waals surface area contributed by atoms with Crippen LogP contribution in [0.5, 0.6) is 0 Å². The van der Waals surface area contributed by atoms with Gasteiger partial charge in [0.25, 0.3) is 0 Å². The fourth-order valence-electron chi connectivity index (χ4n) is 7.62. The first-order valence-electron chi connectivity index (χ1n) is 20.7. The van der Waals surface area contributed by atoms with Crippen LogP contribution in [-0.4, -0.2) is 215 Å². The molecular formula is C32H53Na5O32S5. The van der Waals surface area contributed by atoms with Crippen molar-refractivity contribution in [3.8, 4) is 0 Å². The van der Waals surface area contributed by atoms with E-state index in [1.54, 1.807) is 0 Å². The maximum absolute atomic E-state index is 12.3. The van der Waals surface area contributed by atoms with Crippen LogP contribution in [0.4, 0.5) is 0 Å². The van der Waals surface area contributed by atoms with Gasteiger partial charge in [0, 0.05) is 6.61 Å². The Morgan fingerprint density at radius 2 is 0.595 bits per heavy atom. The number of ether oxygens (including phenoxy) is 8. The van der Waals surface area contributed by atoms with E-state index in [1.807, 2.05) is 6.92 Å². The molecule has 4 aliphatic rings. The van der Waals surface area contributed by atoms with Crippen LogP contribution in [0.15, 0.2) is 0 Å². The monoisotopic (exact) mass is 1220 g/mol. The Morgan fingerprint density at radius 1 is 0.365 bits per heavy atom. The van der Waals surface area contributed by atoms with E-state index in [4.69, 9.17) is 37.9 Å². The van der Waals surface area contributed by atoms with Crippen LogP contribution in [0.1, 0.15) is 73.1 Å². The Kier molecular flexibility index (Phi) is 36.9. The summed E-state index contributed by atoms with van der Waals surface area (Å²) in [6.07, 6.45) is -40.7. The maximum Gasteiger partial charge on any atom is 1.00 e. The summed E-state index contributed by atoms with van der Waals surface area (Å²) < 4.78 is 246. The molecule has 4 saturated heterocycles. The average Bonchev–Trinajstić information content (AvgIpc) is 3.18. The number of unbranched alkanes of at least 4 members (excludes halogenated alkanes) is 5. The molecule has 74 heavy (non-hydrogen) atoms. The fourth-order valence-corrected chi connectivity index (χ4v) is 10.0. The molecule has 42 heteroatoms. The summed E-state index contributed by atoms with van der Waals surface area (Å²) >= 11 is 0. The summed E-state index contributed by atoms with van der Waals surface area (Å²) in [4.78, 5) is 0. The third kappa shape index (κ3) is 25.2. The predicted octanol–water partition coefficient (Wildman–Crippen LogP) is -19.8. The Balaban J connectivity index is 0. The van der Waals surface area contributed by atoms with Crippen molar-refractivity contribution in [3.63, 3.8) is 0 Å². The largest absolute Gasteiger partial charge is 1.00 e. The number of aliphatic hydroxyl groups is 4. The molecule has 0 amide bonds. The average molecular weight is 1230 g/mol. The van der Waals surface area contributed by atoms with Gasteiger partial charge in [-0.15, -0.1) is 0 Å². The predicted molar refractivity (Wildman–Crippen MR) is 208 cm³/mol. The van der Waals surface area contributed by atoms with Crippen LogP contribution in [0.3, 0.4) is 0 Å². The Hall–Kier alpha value is 3.87. The summed E-state index contributed by atoms with van der Waals surface area (Å²) in [5.74, 6) is 0. The molecule has 4 N–H and O–H groups in total. The molecule has 20 atom stereocenters. The maximum atomic E-state index is 12.3. The standard InChI is InChI=1S/C32H58O32S5.5Na/c1-6-7-8-9-10-11-12-52-29-25(61-66(40,41)42)21(17(33)13(2)53-29)57-30-26(62-67(43,44)45)22(18(34)14(3)54-30)58-31-27(63-68(46,47)48)23(19(35)15(4)55-31)59-32-28(64-69(49,50)51)24(60-65(37,38)39)20(36)16(5)56-32;;;;;/h13-36H,6-12H2,1-5H3,(H,37,38,39)(H,40,41,42)(H,43,44,45)(H,46,47,48)(H,49,50,51);;;;;/q;5*+1/p-5/t13-,14-,15-,16-,17+,18+,19+,20+,21+,22+,23+,24+,25-,26-,27-,28-,29-,30-,31-,32-;;;;;/m0...../s1. The van der Waals surface area contributed by atoms with E-state index in [9.17, 15) is 85.3 Å². The minimum atomic E-state index is -6.09.